The van der Waals surface area contributed by atoms with Crippen molar-refractivity contribution in [3.63, 3.8) is 0 Å². The van der Waals surface area contributed by atoms with Gasteiger partial charge in [0.05, 0.1) is 11.7 Å². The molecule has 0 aliphatic heterocycles. The summed E-state index contributed by atoms with van der Waals surface area (Å²) in [6.45, 7) is 3.87. The second-order valence-corrected chi connectivity index (χ2v) is 5.74. The molecule has 0 fully saturated rings. The molecule has 0 heterocycles. The molecule has 0 saturated heterocycles. The van der Waals surface area contributed by atoms with Gasteiger partial charge in [0, 0.05) is 18.1 Å². The van der Waals surface area contributed by atoms with Gasteiger partial charge in [0.1, 0.15) is 5.82 Å². The number of benzene rings is 2. The zero-order valence-corrected chi connectivity index (χ0v) is 13.2. The first-order valence-electron chi connectivity index (χ1n) is 6.94. The van der Waals surface area contributed by atoms with Crippen molar-refractivity contribution in [1.29, 1.82) is 0 Å². The van der Waals surface area contributed by atoms with Crippen molar-refractivity contribution in [2.45, 2.75) is 25.9 Å². The lowest BCUT2D eigenvalue weighted by atomic mass is 10.0. The second kappa shape index (κ2) is 6.46. The van der Waals surface area contributed by atoms with Crippen LogP contribution in [0.5, 0.6) is 0 Å². The quantitative estimate of drug-likeness (QED) is 0.887. The van der Waals surface area contributed by atoms with Crippen molar-refractivity contribution in [1.82, 2.24) is 0 Å². The standard InChI is InChI=1S/C17H20ClFN2/c1-11(20)15-8-5-9-16(19)17(15)21(3)12(2)13-6-4-7-14(18)10-13/h4-12H,20H2,1-3H3/t11-,12?/m0/s1. The highest BCUT2D eigenvalue weighted by Crippen LogP contribution is 2.33. The Morgan fingerprint density at radius 3 is 2.43 bits per heavy atom. The van der Waals surface area contributed by atoms with Crippen LogP contribution in [0.1, 0.15) is 37.1 Å². The predicted octanol–water partition coefficient (Wildman–Crippen LogP) is 4.70. The van der Waals surface area contributed by atoms with Crippen molar-refractivity contribution >= 4 is 17.3 Å². The third kappa shape index (κ3) is 3.36. The normalized spacial score (nSPS) is 13.8. The zero-order valence-electron chi connectivity index (χ0n) is 12.5. The number of nitrogens with zero attached hydrogens (tertiary/aromatic N) is 1. The summed E-state index contributed by atoms with van der Waals surface area (Å²) in [5, 5.41) is 0.675. The molecule has 0 saturated carbocycles. The molecule has 0 amide bonds. The molecule has 2 aromatic rings. The van der Waals surface area contributed by atoms with Gasteiger partial charge in [-0.1, -0.05) is 35.9 Å². The molecule has 1 unspecified atom stereocenters. The summed E-state index contributed by atoms with van der Waals surface area (Å²) in [6, 6.07) is 12.4. The molecule has 0 spiro atoms. The van der Waals surface area contributed by atoms with E-state index in [9.17, 15) is 4.39 Å². The SMILES string of the molecule is CC(c1cccc(Cl)c1)N(C)c1c(F)cccc1[C@H](C)N. The molecule has 0 aromatic heterocycles. The molecule has 2 aromatic carbocycles. The van der Waals surface area contributed by atoms with Crippen LogP contribution >= 0.6 is 11.6 Å². The minimum atomic E-state index is -0.263. The molecule has 2 N–H and O–H groups in total. The van der Waals surface area contributed by atoms with Gasteiger partial charge in [0.2, 0.25) is 0 Å². The number of anilines is 1. The fraction of sp³-hybridized carbons (Fsp3) is 0.294. The lowest BCUT2D eigenvalue weighted by Gasteiger charge is -2.30. The number of hydrogen-bond acceptors (Lipinski definition) is 2. The molecule has 2 atom stereocenters. The Balaban J connectivity index is 2.42. The van der Waals surface area contributed by atoms with Crippen molar-refractivity contribution in [3.05, 3.63) is 64.4 Å². The summed E-state index contributed by atoms with van der Waals surface area (Å²) in [5.74, 6) is -0.263. The average molecular weight is 307 g/mol. The number of halogens is 2. The molecule has 0 bridgehead atoms. The predicted molar refractivity (Wildman–Crippen MR) is 87.3 cm³/mol. The number of rotatable bonds is 4. The first-order chi connectivity index (χ1) is 9.91. The maximum Gasteiger partial charge on any atom is 0.146 e. The Morgan fingerprint density at radius 2 is 1.81 bits per heavy atom. The van der Waals surface area contributed by atoms with Gasteiger partial charge in [-0.2, -0.15) is 0 Å². The van der Waals surface area contributed by atoms with E-state index in [4.69, 9.17) is 17.3 Å². The van der Waals surface area contributed by atoms with Gasteiger partial charge in [0.25, 0.3) is 0 Å². The van der Waals surface area contributed by atoms with Crippen LogP contribution in [-0.4, -0.2) is 7.05 Å². The van der Waals surface area contributed by atoms with E-state index in [-0.39, 0.29) is 17.9 Å². The van der Waals surface area contributed by atoms with Crippen molar-refractivity contribution in [2.24, 2.45) is 5.73 Å². The van der Waals surface area contributed by atoms with Crippen LogP contribution in [-0.2, 0) is 0 Å². The van der Waals surface area contributed by atoms with Crippen molar-refractivity contribution in [2.75, 3.05) is 11.9 Å². The molecule has 4 heteroatoms. The number of para-hydroxylation sites is 1. The summed E-state index contributed by atoms with van der Waals surface area (Å²) in [6.07, 6.45) is 0. The van der Waals surface area contributed by atoms with E-state index in [1.165, 1.54) is 6.07 Å². The largest absolute Gasteiger partial charge is 0.365 e. The summed E-state index contributed by atoms with van der Waals surface area (Å²) in [4.78, 5) is 1.90. The Labute approximate surface area is 130 Å². The third-order valence-corrected chi connectivity index (χ3v) is 4.01. The Hall–Kier alpha value is -1.58. The Morgan fingerprint density at radius 1 is 1.14 bits per heavy atom. The fourth-order valence-corrected chi connectivity index (χ4v) is 2.65. The summed E-state index contributed by atoms with van der Waals surface area (Å²) >= 11 is 6.04. The van der Waals surface area contributed by atoms with E-state index < -0.39 is 0 Å². The van der Waals surface area contributed by atoms with E-state index in [1.807, 2.05) is 56.1 Å². The Bertz CT molecular complexity index is 628. The van der Waals surface area contributed by atoms with Gasteiger partial charge in [-0.05, 0) is 43.2 Å². The molecule has 2 nitrogen and oxygen atoms in total. The van der Waals surface area contributed by atoms with Crippen molar-refractivity contribution < 1.29 is 4.39 Å². The van der Waals surface area contributed by atoms with Gasteiger partial charge in [0.15, 0.2) is 0 Å². The van der Waals surface area contributed by atoms with Crippen LogP contribution in [0.4, 0.5) is 10.1 Å². The van der Waals surface area contributed by atoms with Gasteiger partial charge in [-0.15, -0.1) is 0 Å². The fourth-order valence-electron chi connectivity index (χ4n) is 2.46. The van der Waals surface area contributed by atoms with Crippen LogP contribution in [0, 0.1) is 5.82 Å². The first-order valence-corrected chi connectivity index (χ1v) is 7.32. The van der Waals surface area contributed by atoms with Gasteiger partial charge >= 0.3 is 0 Å². The van der Waals surface area contributed by atoms with E-state index in [0.29, 0.717) is 10.7 Å². The third-order valence-electron chi connectivity index (χ3n) is 3.77. The monoisotopic (exact) mass is 306 g/mol. The molecule has 0 radical (unpaired) electrons. The number of nitrogens with two attached hydrogens (primary N) is 1. The van der Waals surface area contributed by atoms with E-state index in [0.717, 1.165) is 11.1 Å². The van der Waals surface area contributed by atoms with Crippen LogP contribution < -0.4 is 10.6 Å². The van der Waals surface area contributed by atoms with E-state index in [2.05, 4.69) is 0 Å². The lowest BCUT2D eigenvalue weighted by molar-refractivity contribution is 0.604. The molecular formula is C17H20ClFN2. The van der Waals surface area contributed by atoms with Crippen LogP contribution in [0.3, 0.4) is 0 Å². The molecule has 0 aliphatic rings. The smallest absolute Gasteiger partial charge is 0.146 e. The lowest BCUT2D eigenvalue weighted by Crippen LogP contribution is -2.25. The maximum absolute atomic E-state index is 14.3. The average Bonchev–Trinajstić information content (AvgIpc) is 2.45. The molecular weight excluding hydrogens is 287 g/mol. The van der Waals surface area contributed by atoms with Crippen molar-refractivity contribution in [3.8, 4) is 0 Å². The summed E-state index contributed by atoms with van der Waals surface area (Å²) in [5.41, 5.74) is 8.34. The highest BCUT2D eigenvalue weighted by Gasteiger charge is 2.20. The van der Waals surface area contributed by atoms with Gasteiger partial charge < -0.3 is 10.6 Å². The highest BCUT2D eigenvalue weighted by molar-refractivity contribution is 6.30. The van der Waals surface area contributed by atoms with E-state index >= 15 is 0 Å². The van der Waals surface area contributed by atoms with Gasteiger partial charge in [-0.3, -0.25) is 0 Å². The van der Waals surface area contributed by atoms with Crippen LogP contribution in [0.2, 0.25) is 5.02 Å². The van der Waals surface area contributed by atoms with E-state index in [1.54, 1.807) is 6.07 Å². The summed E-state index contributed by atoms with van der Waals surface area (Å²) < 4.78 is 14.3. The topological polar surface area (TPSA) is 29.3 Å². The zero-order chi connectivity index (χ0) is 15.6. The molecule has 112 valence electrons. The minimum Gasteiger partial charge on any atom is -0.365 e. The molecule has 2 rings (SSSR count). The number of hydrogen-bond donors (Lipinski definition) is 1. The highest BCUT2D eigenvalue weighted by atomic mass is 35.5. The minimum absolute atomic E-state index is 0.0156. The van der Waals surface area contributed by atoms with Gasteiger partial charge in [-0.25, -0.2) is 4.39 Å². The first kappa shape index (κ1) is 15.8. The maximum atomic E-state index is 14.3. The molecule has 0 aliphatic carbocycles. The Kier molecular flexibility index (Phi) is 4.86. The second-order valence-electron chi connectivity index (χ2n) is 5.31. The molecule has 21 heavy (non-hydrogen) atoms. The van der Waals surface area contributed by atoms with Crippen LogP contribution in [0.15, 0.2) is 42.5 Å². The van der Waals surface area contributed by atoms with Crippen LogP contribution in [0.25, 0.3) is 0 Å². The summed E-state index contributed by atoms with van der Waals surface area (Å²) in [7, 11) is 1.87.